The molecule has 11 rings (SSSR count). The van der Waals surface area contributed by atoms with E-state index in [2.05, 4.69) is 89.9 Å². The van der Waals surface area contributed by atoms with Crippen LogP contribution in [0.15, 0.2) is 167 Å². The summed E-state index contributed by atoms with van der Waals surface area (Å²) in [5.74, 6) is 2.45. The molecule has 0 N–H and O–H groups in total. The summed E-state index contributed by atoms with van der Waals surface area (Å²) in [6.07, 6.45) is 0. The van der Waals surface area contributed by atoms with E-state index < -0.39 is 0 Å². The first-order valence-corrected chi connectivity index (χ1v) is 18.2. The molecule has 0 aliphatic rings. The second-order valence-corrected chi connectivity index (χ2v) is 14.1. The summed E-state index contributed by atoms with van der Waals surface area (Å²) in [5, 5.41) is 4.39. The minimum Gasteiger partial charge on any atom is -0.456 e. The van der Waals surface area contributed by atoms with Gasteiger partial charge in [-0.3, -0.25) is 0 Å². The molecule has 7 aromatic carbocycles. The van der Waals surface area contributed by atoms with Crippen molar-refractivity contribution >= 4 is 64.5 Å². The molecule has 0 aliphatic carbocycles. The fourth-order valence-corrected chi connectivity index (χ4v) is 8.46. The fourth-order valence-electron chi connectivity index (χ4n) is 7.25. The van der Waals surface area contributed by atoms with Crippen molar-refractivity contribution in [3.8, 4) is 56.7 Å². The number of rotatable bonds is 5. The van der Waals surface area contributed by atoms with Crippen LogP contribution in [0.4, 0.5) is 0 Å². The van der Waals surface area contributed by atoms with Crippen molar-refractivity contribution in [1.29, 1.82) is 0 Å². The van der Waals surface area contributed by atoms with Gasteiger partial charge in [-0.15, -0.1) is 11.3 Å². The average Bonchev–Trinajstić information content (AvgIpc) is 3.94. The number of fused-ring (bicyclic) bond motifs is 7. The first kappa shape index (κ1) is 29.7. The molecule has 0 bridgehead atoms. The molecular weight excluding hydrogens is 673 g/mol. The van der Waals surface area contributed by atoms with Crippen molar-refractivity contribution in [3.05, 3.63) is 158 Å². The van der Waals surface area contributed by atoms with Crippen LogP contribution in [0.3, 0.4) is 0 Å². The molecule has 4 heterocycles. The minimum absolute atomic E-state index is 0.591. The highest BCUT2D eigenvalue weighted by molar-refractivity contribution is 7.26. The van der Waals surface area contributed by atoms with E-state index in [4.69, 9.17) is 23.8 Å². The van der Waals surface area contributed by atoms with E-state index in [1.165, 1.54) is 15.5 Å². The number of aromatic nitrogens is 4. The van der Waals surface area contributed by atoms with Crippen LogP contribution in [-0.2, 0) is 0 Å². The largest absolute Gasteiger partial charge is 0.456 e. The molecule has 53 heavy (non-hydrogen) atoms. The lowest BCUT2D eigenvalue weighted by Crippen LogP contribution is -2.00. The molecule has 0 unspecified atom stereocenters. The molecule has 7 heteroatoms. The second-order valence-electron chi connectivity index (χ2n) is 13.0. The Morgan fingerprint density at radius 3 is 1.96 bits per heavy atom. The maximum Gasteiger partial charge on any atom is 0.227 e. The fraction of sp³-hybridized carbons (Fsp3) is 0. The van der Waals surface area contributed by atoms with E-state index in [-0.39, 0.29) is 0 Å². The Hall–Kier alpha value is -6.96. The molecule has 4 aromatic heterocycles. The number of furan rings is 1. The molecule has 6 nitrogen and oxygen atoms in total. The smallest absolute Gasteiger partial charge is 0.227 e. The molecule has 0 radical (unpaired) electrons. The predicted octanol–water partition coefficient (Wildman–Crippen LogP) is 12.6. The predicted molar refractivity (Wildman–Crippen MR) is 215 cm³/mol. The topological polar surface area (TPSA) is 77.8 Å². The Morgan fingerprint density at radius 1 is 0.396 bits per heavy atom. The van der Waals surface area contributed by atoms with Gasteiger partial charge in [0.25, 0.3) is 0 Å². The number of nitrogens with zero attached hydrogens (tertiary/aromatic N) is 4. The quantitative estimate of drug-likeness (QED) is 0.178. The van der Waals surface area contributed by atoms with E-state index in [1.807, 2.05) is 72.8 Å². The summed E-state index contributed by atoms with van der Waals surface area (Å²) < 4.78 is 14.9. The third-order valence-corrected chi connectivity index (χ3v) is 11.0. The molecule has 11 aromatic rings. The first-order valence-electron chi connectivity index (χ1n) is 17.4. The zero-order chi connectivity index (χ0) is 34.9. The lowest BCUT2D eigenvalue weighted by molar-refractivity contribution is 0.620. The Kier molecular flexibility index (Phi) is 6.62. The average molecular weight is 699 g/mol. The first-order chi connectivity index (χ1) is 26.2. The van der Waals surface area contributed by atoms with Gasteiger partial charge in [-0.25, -0.2) is 19.9 Å². The van der Waals surface area contributed by atoms with Crippen LogP contribution >= 0.6 is 11.3 Å². The van der Waals surface area contributed by atoms with E-state index in [1.54, 1.807) is 11.3 Å². The van der Waals surface area contributed by atoms with Gasteiger partial charge in [-0.05, 0) is 65.7 Å². The standard InChI is InChI=1S/C46H26N4O2S/c1-2-10-28(11-3-1)43-48-44(50-45(49-43)34-15-8-13-32-31-12-4-7-19-40(31)53-42(32)34)33-14-9-18-39-41(33)35-26-30(24-25-37(35)51-39)27-20-22-29(23-21-27)46-47-36-16-5-6-17-38(36)52-46/h1-26H. The lowest BCUT2D eigenvalue weighted by atomic mass is 9.99. The molecule has 0 amide bonds. The molecule has 0 fully saturated rings. The molecule has 248 valence electrons. The zero-order valence-electron chi connectivity index (χ0n) is 28.0. The maximum absolute atomic E-state index is 6.44. The van der Waals surface area contributed by atoms with Crippen LogP contribution in [0.5, 0.6) is 0 Å². The third-order valence-electron chi connectivity index (χ3n) is 9.81. The highest BCUT2D eigenvalue weighted by Crippen LogP contribution is 2.41. The lowest BCUT2D eigenvalue weighted by Gasteiger charge is -2.10. The zero-order valence-corrected chi connectivity index (χ0v) is 28.8. The van der Waals surface area contributed by atoms with Crippen LogP contribution in [0.25, 0.3) is 110 Å². The third kappa shape index (κ3) is 4.93. The number of para-hydroxylation sites is 2. The van der Waals surface area contributed by atoms with Crippen molar-refractivity contribution in [2.75, 3.05) is 0 Å². The normalized spacial score (nSPS) is 11.8. The molecule has 0 spiro atoms. The number of thiophene rings is 1. The van der Waals surface area contributed by atoms with Crippen LogP contribution in [0.1, 0.15) is 0 Å². The van der Waals surface area contributed by atoms with Crippen molar-refractivity contribution in [2.24, 2.45) is 0 Å². The second kappa shape index (κ2) is 11.8. The molecule has 0 saturated carbocycles. The van der Waals surface area contributed by atoms with E-state index in [0.29, 0.717) is 23.4 Å². The van der Waals surface area contributed by atoms with Crippen LogP contribution in [-0.4, -0.2) is 19.9 Å². The summed E-state index contributed by atoms with van der Waals surface area (Å²) in [6, 6.07) is 53.6. The van der Waals surface area contributed by atoms with Gasteiger partial charge >= 0.3 is 0 Å². The van der Waals surface area contributed by atoms with Gasteiger partial charge in [0.15, 0.2) is 23.1 Å². The van der Waals surface area contributed by atoms with E-state index >= 15 is 0 Å². The van der Waals surface area contributed by atoms with Gasteiger partial charge in [0.05, 0.1) is 0 Å². The van der Waals surface area contributed by atoms with Gasteiger partial charge in [0.2, 0.25) is 5.89 Å². The highest BCUT2D eigenvalue weighted by atomic mass is 32.1. The van der Waals surface area contributed by atoms with Crippen LogP contribution < -0.4 is 0 Å². The minimum atomic E-state index is 0.591. The SMILES string of the molecule is c1ccc(-c2nc(-c3cccc4c3sc3ccccc34)nc(-c3cccc4oc5ccc(-c6ccc(-c7nc8ccccc8o7)cc6)cc5c34)n2)cc1. The van der Waals surface area contributed by atoms with Gasteiger partial charge in [0.1, 0.15) is 16.7 Å². The monoisotopic (exact) mass is 698 g/mol. The van der Waals surface area contributed by atoms with E-state index in [0.717, 1.165) is 71.1 Å². The molecule has 0 saturated heterocycles. The van der Waals surface area contributed by atoms with Crippen molar-refractivity contribution < 1.29 is 8.83 Å². The van der Waals surface area contributed by atoms with Gasteiger partial charge in [-0.1, -0.05) is 103 Å². The van der Waals surface area contributed by atoms with Gasteiger partial charge in [-0.2, -0.15) is 0 Å². The number of hydrogen-bond donors (Lipinski definition) is 0. The number of benzene rings is 7. The van der Waals surface area contributed by atoms with Gasteiger partial charge in [0, 0.05) is 53.2 Å². The summed E-state index contributed by atoms with van der Waals surface area (Å²) in [4.78, 5) is 20.1. The molecule has 0 atom stereocenters. The number of hydrogen-bond acceptors (Lipinski definition) is 7. The Labute approximate surface area is 306 Å². The van der Waals surface area contributed by atoms with Crippen molar-refractivity contribution in [3.63, 3.8) is 0 Å². The Bertz CT molecular complexity index is 3150. The Balaban J connectivity index is 1.07. The molecule has 0 aliphatic heterocycles. The Morgan fingerprint density at radius 2 is 1.08 bits per heavy atom. The highest BCUT2D eigenvalue weighted by Gasteiger charge is 2.20. The summed E-state index contributed by atoms with van der Waals surface area (Å²) in [6.45, 7) is 0. The summed E-state index contributed by atoms with van der Waals surface area (Å²) in [5.41, 5.74) is 9.05. The maximum atomic E-state index is 6.44. The van der Waals surface area contributed by atoms with Crippen molar-refractivity contribution in [2.45, 2.75) is 0 Å². The van der Waals surface area contributed by atoms with Crippen LogP contribution in [0.2, 0.25) is 0 Å². The van der Waals surface area contributed by atoms with Crippen LogP contribution in [0, 0.1) is 0 Å². The van der Waals surface area contributed by atoms with Gasteiger partial charge < -0.3 is 8.83 Å². The summed E-state index contributed by atoms with van der Waals surface area (Å²) >= 11 is 1.77. The van der Waals surface area contributed by atoms with Crippen molar-refractivity contribution in [1.82, 2.24) is 19.9 Å². The molecular formula is C46H26N4O2S. The number of oxazole rings is 1. The van der Waals surface area contributed by atoms with E-state index in [9.17, 15) is 0 Å². The summed E-state index contributed by atoms with van der Waals surface area (Å²) in [7, 11) is 0.